The van der Waals surface area contributed by atoms with Crippen LogP contribution < -0.4 is 15.1 Å². The molecule has 0 spiro atoms. The molecule has 1 aliphatic carbocycles. The summed E-state index contributed by atoms with van der Waals surface area (Å²) in [4.78, 5) is 30.7. The van der Waals surface area contributed by atoms with Gasteiger partial charge in [0.1, 0.15) is 11.6 Å². The van der Waals surface area contributed by atoms with Crippen LogP contribution in [0.4, 0.5) is 17.6 Å². The van der Waals surface area contributed by atoms with Crippen molar-refractivity contribution < 1.29 is 4.79 Å². The average molecular weight is 364 g/mol. The molecule has 0 saturated carbocycles. The number of rotatable bonds is 5. The Morgan fingerprint density at radius 2 is 1.93 bits per heavy atom. The number of ketones is 1. The molecule has 0 bridgehead atoms. The van der Waals surface area contributed by atoms with Crippen molar-refractivity contribution in [1.29, 1.82) is 0 Å². The summed E-state index contributed by atoms with van der Waals surface area (Å²) >= 11 is 0. The lowest BCUT2D eigenvalue weighted by atomic mass is 9.95. The summed E-state index contributed by atoms with van der Waals surface area (Å²) in [6.07, 6.45) is 5.85. The van der Waals surface area contributed by atoms with Gasteiger partial charge in [-0.3, -0.25) is 4.79 Å². The van der Waals surface area contributed by atoms with Crippen LogP contribution in [0.3, 0.4) is 0 Å². The van der Waals surface area contributed by atoms with Gasteiger partial charge in [0.15, 0.2) is 5.78 Å². The molecular formula is C20H24N6O. The first-order valence-electron chi connectivity index (χ1n) is 9.46. The van der Waals surface area contributed by atoms with Crippen LogP contribution >= 0.6 is 0 Å². The van der Waals surface area contributed by atoms with Gasteiger partial charge in [-0.1, -0.05) is 12.1 Å². The molecule has 0 unspecified atom stereocenters. The third kappa shape index (κ3) is 3.63. The molecule has 1 fully saturated rings. The second-order valence-corrected chi connectivity index (χ2v) is 6.80. The standard InChI is InChI=1S/C20H24N6O/c1-2-9-22-19-18-15(6-5-7-16(18)27)23-20(24-19)26-13-11-25(12-14-26)17-8-3-4-10-21-17/h2-4,8,10H,1,5-7,9,11-14H2,(H,22,23,24). The zero-order valence-corrected chi connectivity index (χ0v) is 15.4. The molecule has 2 aromatic heterocycles. The van der Waals surface area contributed by atoms with Gasteiger partial charge in [-0.25, -0.2) is 9.97 Å². The molecule has 1 N–H and O–H groups in total. The summed E-state index contributed by atoms with van der Waals surface area (Å²) in [6, 6.07) is 5.98. The van der Waals surface area contributed by atoms with E-state index in [1.54, 1.807) is 6.08 Å². The van der Waals surface area contributed by atoms with E-state index in [1.165, 1.54) is 0 Å². The van der Waals surface area contributed by atoms with Gasteiger partial charge in [0.05, 0.1) is 11.3 Å². The normalized spacial score (nSPS) is 16.8. The van der Waals surface area contributed by atoms with Gasteiger partial charge >= 0.3 is 0 Å². The van der Waals surface area contributed by atoms with E-state index in [4.69, 9.17) is 9.97 Å². The Bertz CT molecular complexity index is 830. The lowest BCUT2D eigenvalue weighted by Gasteiger charge is -2.36. The minimum atomic E-state index is 0.134. The number of Topliss-reactive ketones (excluding diaryl/α,β-unsaturated/α-hetero) is 1. The molecule has 0 aromatic carbocycles. The van der Waals surface area contributed by atoms with Crippen molar-refractivity contribution in [1.82, 2.24) is 15.0 Å². The Morgan fingerprint density at radius 1 is 1.11 bits per heavy atom. The first-order chi connectivity index (χ1) is 13.3. The van der Waals surface area contributed by atoms with Crippen LogP contribution in [0, 0.1) is 0 Å². The number of fused-ring (bicyclic) bond motifs is 1. The molecular weight excluding hydrogens is 340 g/mol. The Balaban J connectivity index is 1.55. The van der Waals surface area contributed by atoms with Crippen molar-refractivity contribution in [3.63, 3.8) is 0 Å². The summed E-state index contributed by atoms with van der Waals surface area (Å²) in [5.41, 5.74) is 1.54. The van der Waals surface area contributed by atoms with E-state index in [0.29, 0.717) is 30.3 Å². The topological polar surface area (TPSA) is 74.2 Å². The molecule has 1 saturated heterocycles. The molecule has 7 heteroatoms. The minimum Gasteiger partial charge on any atom is -0.366 e. The molecule has 4 rings (SSSR count). The Labute approximate surface area is 159 Å². The number of anilines is 3. The number of carbonyl (C=O) groups is 1. The first-order valence-corrected chi connectivity index (χ1v) is 9.46. The van der Waals surface area contributed by atoms with Gasteiger partial charge in [-0.2, -0.15) is 4.98 Å². The molecule has 3 heterocycles. The lowest BCUT2D eigenvalue weighted by Crippen LogP contribution is -2.47. The smallest absolute Gasteiger partial charge is 0.227 e. The van der Waals surface area contributed by atoms with Crippen molar-refractivity contribution in [3.05, 3.63) is 48.3 Å². The summed E-state index contributed by atoms with van der Waals surface area (Å²) in [5, 5.41) is 3.23. The molecule has 2 aromatic rings. The highest BCUT2D eigenvalue weighted by molar-refractivity contribution is 6.02. The summed E-state index contributed by atoms with van der Waals surface area (Å²) < 4.78 is 0. The van der Waals surface area contributed by atoms with E-state index < -0.39 is 0 Å². The first kappa shape index (κ1) is 17.5. The van der Waals surface area contributed by atoms with Gasteiger partial charge in [0, 0.05) is 45.3 Å². The maximum absolute atomic E-state index is 12.4. The van der Waals surface area contributed by atoms with Crippen molar-refractivity contribution in [2.75, 3.05) is 47.8 Å². The molecule has 0 radical (unpaired) electrons. The predicted molar refractivity (Wildman–Crippen MR) is 107 cm³/mol. The van der Waals surface area contributed by atoms with E-state index in [9.17, 15) is 4.79 Å². The predicted octanol–water partition coefficient (Wildman–Crippen LogP) is 2.32. The monoisotopic (exact) mass is 364 g/mol. The third-order valence-electron chi connectivity index (χ3n) is 5.02. The largest absolute Gasteiger partial charge is 0.366 e. The lowest BCUT2D eigenvalue weighted by molar-refractivity contribution is 0.0972. The number of hydrogen-bond donors (Lipinski definition) is 1. The molecule has 27 heavy (non-hydrogen) atoms. The number of piperazine rings is 1. The van der Waals surface area contributed by atoms with Crippen LogP contribution in [-0.4, -0.2) is 53.5 Å². The van der Waals surface area contributed by atoms with Gasteiger partial charge in [-0.05, 0) is 25.0 Å². The number of hydrogen-bond acceptors (Lipinski definition) is 7. The van der Waals surface area contributed by atoms with E-state index in [-0.39, 0.29) is 5.78 Å². The Morgan fingerprint density at radius 3 is 2.67 bits per heavy atom. The fourth-order valence-corrected chi connectivity index (χ4v) is 3.62. The maximum Gasteiger partial charge on any atom is 0.227 e. The zero-order valence-electron chi connectivity index (χ0n) is 15.4. The van der Waals surface area contributed by atoms with E-state index >= 15 is 0 Å². The highest BCUT2D eigenvalue weighted by atomic mass is 16.1. The Hall–Kier alpha value is -2.96. The van der Waals surface area contributed by atoms with E-state index in [1.807, 2.05) is 24.4 Å². The number of nitrogens with zero attached hydrogens (tertiary/aromatic N) is 5. The molecule has 1 aliphatic heterocycles. The van der Waals surface area contributed by atoms with E-state index in [2.05, 4.69) is 26.7 Å². The highest BCUT2D eigenvalue weighted by Crippen LogP contribution is 2.28. The summed E-state index contributed by atoms with van der Waals surface area (Å²) in [5.74, 6) is 2.49. The van der Waals surface area contributed by atoms with Gasteiger partial charge in [0.2, 0.25) is 5.95 Å². The number of carbonyl (C=O) groups excluding carboxylic acids is 1. The minimum absolute atomic E-state index is 0.134. The van der Waals surface area contributed by atoms with E-state index in [0.717, 1.165) is 50.5 Å². The molecule has 2 aliphatic rings. The van der Waals surface area contributed by atoms with Crippen LogP contribution in [0.25, 0.3) is 0 Å². The maximum atomic E-state index is 12.4. The second kappa shape index (κ2) is 7.73. The number of nitrogens with one attached hydrogen (secondary N) is 1. The van der Waals surface area contributed by atoms with Crippen molar-refractivity contribution in [2.24, 2.45) is 0 Å². The molecule has 0 amide bonds. The average Bonchev–Trinajstić information content (AvgIpc) is 2.72. The molecule has 7 nitrogen and oxygen atoms in total. The Kier molecular flexibility index (Phi) is 5.00. The second-order valence-electron chi connectivity index (χ2n) is 6.80. The van der Waals surface area contributed by atoms with Crippen LogP contribution in [0.2, 0.25) is 0 Å². The quantitative estimate of drug-likeness (QED) is 0.816. The highest BCUT2D eigenvalue weighted by Gasteiger charge is 2.27. The van der Waals surface area contributed by atoms with Crippen molar-refractivity contribution in [2.45, 2.75) is 19.3 Å². The summed E-state index contributed by atoms with van der Waals surface area (Å²) in [6.45, 7) is 7.70. The SMILES string of the molecule is C=CCNc1nc(N2CCN(c3ccccn3)CC2)nc2c1C(=O)CCC2. The van der Waals surface area contributed by atoms with Crippen LogP contribution in [0.1, 0.15) is 28.9 Å². The molecule has 140 valence electrons. The fourth-order valence-electron chi connectivity index (χ4n) is 3.62. The number of aromatic nitrogens is 3. The van der Waals surface area contributed by atoms with Gasteiger partial charge in [-0.15, -0.1) is 6.58 Å². The third-order valence-corrected chi connectivity index (χ3v) is 5.02. The van der Waals surface area contributed by atoms with Crippen LogP contribution in [0.15, 0.2) is 37.1 Å². The number of aryl methyl sites for hydroxylation is 1. The zero-order chi connectivity index (χ0) is 18.6. The van der Waals surface area contributed by atoms with Gasteiger partial charge in [0.25, 0.3) is 0 Å². The van der Waals surface area contributed by atoms with Crippen LogP contribution in [0.5, 0.6) is 0 Å². The summed E-state index contributed by atoms with van der Waals surface area (Å²) in [7, 11) is 0. The van der Waals surface area contributed by atoms with Gasteiger partial charge < -0.3 is 15.1 Å². The molecule has 0 atom stereocenters. The number of pyridine rings is 1. The van der Waals surface area contributed by atoms with Crippen LogP contribution in [-0.2, 0) is 6.42 Å². The van der Waals surface area contributed by atoms with Crippen molar-refractivity contribution >= 4 is 23.4 Å². The van der Waals surface area contributed by atoms with Crippen molar-refractivity contribution in [3.8, 4) is 0 Å². The fraction of sp³-hybridized carbons (Fsp3) is 0.400.